The summed E-state index contributed by atoms with van der Waals surface area (Å²) in [6.45, 7) is 2.98. The second kappa shape index (κ2) is 5.05. The zero-order valence-electron chi connectivity index (χ0n) is 7.97. The molecule has 0 bridgehead atoms. The number of nitrogens with one attached hydrogen (secondary N) is 1. The smallest absolute Gasteiger partial charge is 0.0478 e. The van der Waals surface area contributed by atoms with Crippen LogP contribution in [0.2, 0.25) is 5.02 Å². The minimum atomic E-state index is 0.804. The van der Waals surface area contributed by atoms with E-state index in [-0.39, 0.29) is 0 Å². The summed E-state index contributed by atoms with van der Waals surface area (Å²) in [5, 5.41) is 3.90. The van der Waals surface area contributed by atoms with Gasteiger partial charge in [0.25, 0.3) is 0 Å². The molecule has 1 nitrogen and oxygen atoms in total. The van der Waals surface area contributed by atoms with Gasteiger partial charge in [0.15, 0.2) is 0 Å². The summed E-state index contributed by atoms with van der Waals surface area (Å²) < 4.78 is 0. The van der Waals surface area contributed by atoms with Crippen molar-refractivity contribution in [2.24, 2.45) is 0 Å². The second-order valence-corrected chi connectivity index (χ2v) is 3.45. The summed E-state index contributed by atoms with van der Waals surface area (Å²) in [6, 6.07) is 7.85. The molecule has 1 rings (SSSR count). The maximum absolute atomic E-state index is 6.00. The van der Waals surface area contributed by atoms with Crippen LogP contribution in [0, 0.1) is 0 Å². The maximum Gasteiger partial charge on any atom is 0.0478 e. The van der Waals surface area contributed by atoms with Crippen LogP contribution in [0.25, 0.3) is 6.08 Å². The first-order chi connectivity index (χ1) is 6.24. The zero-order valence-corrected chi connectivity index (χ0v) is 8.73. The molecule has 0 aliphatic heterocycles. The molecule has 1 aromatic carbocycles. The van der Waals surface area contributed by atoms with Crippen molar-refractivity contribution in [2.45, 2.75) is 6.92 Å². The van der Waals surface area contributed by atoms with Gasteiger partial charge in [-0.2, -0.15) is 0 Å². The molecule has 2 heteroatoms. The molecule has 1 aromatic rings. The number of rotatable bonds is 3. The first-order valence-corrected chi connectivity index (χ1v) is 4.68. The van der Waals surface area contributed by atoms with Gasteiger partial charge in [-0.25, -0.2) is 0 Å². The van der Waals surface area contributed by atoms with E-state index in [4.69, 9.17) is 11.6 Å². The van der Waals surface area contributed by atoms with Gasteiger partial charge in [0, 0.05) is 11.6 Å². The largest absolute Gasteiger partial charge is 0.316 e. The van der Waals surface area contributed by atoms with E-state index in [0.717, 1.165) is 17.1 Å². The Balaban J connectivity index is 2.84. The maximum atomic E-state index is 6.00. The molecule has 0 radical (unpaired) electrons. The quantitative estimate of drug-likeness (QED) is 0.782. The van der Waals surface area contributed by atoms with E-state index in [1.807, 2.05) is 31.3 Å². The Kier molecular flexibility index (Phi) is 4.00. The van der Waals surface area contributed by atoms with Crippen LogP contribution in [-0.2, 0) is 0 Å². The number of halogens is 1. The molecule has 0 heterocycles. The first-order valence-electron chi connectivity index (χ1n) is 4.30. The van der Waals surface area contributed by atoms with Crippen molar-refractivity contribution < 1.29 is 0 Å². The SMILES string of the molecule is CNC/C(C)=C/c1ccccc1Cl. The lowest BCUT2D eigenvalue weighted by atomic mass is 10.1. The summed E-state index contributed by atoms with van der Waals surface area (Å²) in [7, 11) is 1.93. The Bertz CT molecular complexity index is 305. The third-order valence-corrected chi connectivity index (χ3v) is 2.11. The molecule has 0 aromatic heterocycles. The fourth-order valence-electron chi connectivity index (χ4n) is 1.19. The topological polar surface area (TPSA) is 12.0 Å². The summed E-state index contributed by atoms with van der Waals surface area (Å²) in [6.07, 6.45) is 2.10. The molecule has 0 aliphatic carbocycles. The molecule has 0 saturated carbocycles. The summed E-state index contributed by atoms with van der Waals surface area (Å²) in [4.78, 5) is 0. The lowest BCUT2D eigenvalue weighted by Gasteiger charge is -2.01. The number of hydrogen-bond donors (Lipinski definition) is 1. The standard InChI is InChI=1S/C11H14ClN/c1-9(8-13-2)7-10-5-3-4-6-11(10)12/h3-7,13H,8H2,1-2H3/b9-7+. The molecule has 0 spiro atoms. The Morgan fingerprint density at radius 2 is 2.15 bits per heavy atom. The third-order valence-electron chi connectivity index (χ3n) is 1.76. The van der Waals surface area contributed by atoms with E-state index < -0.39 is 0 Å². The molecule has 13 heavy (non-hydrogen) atoms. The Morgan fingerprint density at radius 3 is 2.77 bits per heavy atom. The molecule has 0 unspecified atom stereocenters. The van der Waals surface area contributed by atoms with Crippen molar-refractivity contribution in [1.82, 2.24) is 5.32 Å². The number of hydrogen-bond acceptors (Lipinski definition) is 1. The minimum absolute atomic E-state index is 0.804. The van der Waals surface area contributed by atoms with E-state index in [2.05, 4.69) is 18.3 Å². The van der Waals surface area contributed by atoms with Crippen LogP contribution in [-0.4, -0.2) is 13.6 Å². The van der Waals surface area contributed by atoms with Crippen molar-refractivity contribution in [3.05, 3.63) is 40.4 Å². The van der Waals surface area contributed by atoms with Gasteiger partial charge in [-0.15, -0.1) is 0 Å². The second-order valence-electron chi connectivity index (χ2n) is 3.04. The predicted octanol–water partition coefficient (Wildman–Crippen LogP) is 2.96. The molecular weight excluding hydrogens is 182 g/mol. The zero-order chi connectivity index (χ0) is 9.68. The lowest BCUT2D eigenvalue weighted by molar-refractivity contribution is 0.884. The van der Waals surface area contributed by atoms with E-state index in [1.54, 1.807) is 0 Å². The van der Waals surface area contributed by atoms with Crippen LogP contribution in [0.4, 0.5) is 0 Å². The lowest BCUT2D eigenvalue weighted by Crippen LogP contribution is -2.08. The molecule has 1 N–H and O–H groups in total. The fraction of sp³-hybridized carbons (Fsp3) is 0.273. The van der Waals surface area contributed by atoms with Crippen molar-refractivity contribution in [3.8, 4) is 0 Å². The van der Waals surface area contributed by atoms with Gasteiger partial charge in [0.2, 0.25) is 0 Å². The third kappa shape index (κ3) is 3.21. The Hall–Kier alpha value is -0.790. The highest BCUT2D eigenvalue weighted by Crippen LogP contribution is 2.17. The van der Waals surface area contributed by atoms with Crippen LogP contribution < -0.4 is 5.32 Å². The average Bonchev–Trinajstić information content (AvgIpc) is 2.09. The monoisotopic (exact) mass is 195 g/mol. The van der Waals surface area contributed by atoms with Crippen LogP contribution >= 0.6 is 11.6 Å². The van der Waals surface area contributed by atoms with E-state index in [9.17, 15) is 0 Å². The molecular formula is C11H14ClN. The van der Waals surface area contributed by atoms with Crippen LogP contribution in [0.3, 0.4) is 0 Å². The number of likely N-dealkylation sites (N-methyl/N-ethyl adjacent to an activating group) is 1. The van der Waals surface area contributed by atoms with Gasteiger partial charge >= 0.3 is 0 Å². The first kappa shape index (κ1) is 10.3. The molecule has 0 fully saturated rings. The predicted molar refractivity (Wildman–Crippen MR) is 59.0 cm³/mol. The summed E-state index contributed by atoms with van der Waals surface area (Å²) in [5.41, 5.74) is 2.35. The highest BCUT2D eigenvalue weighted by atomic mass is 35.5. The molecule has 0 saturated heterocycles. The van der Waals surface area contributed by atoms with Crippen LogP contribution in [0.1, 0.15) is 12.5 Å². The highest BCUT2D eigenvalue weighted by molar-refractivity contribution is 6.32. The van der Waals surface area contributed by atoms with E-state index >= 15 is 0 Å². The van der Waals surface area contributed by atoms with Gasteiger partial charge in [-0.1, -0.05) is 41.4 Å². The fourth-order valence-corrected chi connectivity index (χ4v) is 1.38. The average molecular weight is 196 g/mol. The van der Waals surface area contributed by atoms with E-state index in [1.165, 1.54) is 5.57 Å². The van der Waals surface area contributed by atoms with Gasteiger partial charge < -0.3 is 5.32 Å². The van der Waals surface area contributed by atoms with Crippen molar-refractivity contribution in [2.75, 3.05) is 13.6 Å². The number of benzene rings is 1. The Morgan fingerprint density at radius 1 is 1.46 bits per heavy atom. The molecule has 0 atom stereocenters. The van der Waals surface area contributed by atoms with Gasteiger partial charge in [-0.05, 0) is 25.6 Å². The van der Waals surface area contributed by atoms with Crippen molar-refractivity contribution in [1.29, 1.82) is 0 Å². The normalized spacial score (nSPS) is 11.8. The van der Waals surface area contributed by atoms with Crippen LogP contribution in [0.5, 0.6) is 0 Å². The highest BCUT2D eigenvalue weighted by Gasteiger charge is 1.95. The molecule has 0 amide bonds. The molecule has 70 valence electrons. The van der Waals surface area contributed by atoms with Crippen LogP contribution in [0.15, 0.2) is 29.8 Å². The minimum Gasteiger partial charge on any atom is -0.316 e. The molecule has 0 aliphatic rings. The van der Waals surface area contributed by atoms with Gasteiger partial charge in [-0.3, -0.25) is 0 Å². The van der Waals surface area contributed by atoms with Crippen molar-refractivity contribution >= 4 is 17.7 Å². The van der Waals surface area contributed by atoms with Gasteiger partial charge in [0.1, 0.15) is 0 Å². The Labute approximate surface area is 84.4 Å². The summed E-state index contributed by atoms with van der Waals surface area (Å²) >= 11 is 6.00. The van der Waals surface area contributed by atoms with Crippen molar-refractivity contribution in [3.63, 3.8) is 0 Å². The van der Waals surface area contributed by atoms with Gasteiger partial charge in [0.05, 0.1) is 0 Å². The van der Waals surface area contributed by atoms with E-state index in [0.29, 0.717) is 0 Å². The summed E-state index contributed by atoms with van der Waals surface area (Å²) in [5.74, 6) is 0.